The number of hydrogen-bond acceptors (Lipinski definition) is 1. The van der Waals surface area contributed by atoms with Crippen molar-refractivity contribution in [3.05, 3.63) is 11.7 Å². The van der Waals surface area contributed by atoms with Crippen molar-refractivity contribution in [2.24, 2.45) is 4.99 Å². The Labute approximate surface area is 57.4 Å². The van der Waals surface area contributed by atoms with E-state index in [-0.39, 0.29) is 0 Å². The molecule has 0 spiro atoms. The minimum atomic E-state index is 1.00. The molecule has 0 aromatic heterocycles. The molecule has 0 aliphatic heterocycles. The Morgan fingerprint density at radius 2 is 2.44 bits per heavy atom. The van der Waals surface area contributed by atoms with Crippen LogP contribution < -0.4 is 0 Å². The van der Waals surface area contributed by atoms with Crippen LogP contribution in [-0.2, 0) is 0 Å². The van der Waals surface area contributed by atoms with Crippen molar-refractivity contribution in [2.75, 3.05) is 0 Å². The van der Waals surface area contributed by atoms with E-state index in [0.717, 1.165) is 6.42 Å². The van der Waals surface area contributed by atoms with Crippen molar-refractivity contribution in [3.63, 3.8) is 0 Å². The van der Waals surface area contributed by atoms with Crippen molar-refractivity contribution in [3.8, 4) is 0 Å². The Morgan fingerprint density at radius 3 is 2.78 bits per heavy atom. The van der Waals surface area contributed by atoms with Gasteiger partial charge in [0.15, 0.2) is 0 Å². The van der Waals surface area contributed by atoms with E-state index < -0.39 is 0 Å². The van der Waals surface area contributed by atoms with Crippen molar-refractivity contribution in [1.29, 1.82) is 0 Å². The van der Waals surface area contributed by atoms with Gasteiger partial charge < -0.3 is 0 Å². The van der Waals surface area contributed by atoms with Crippen LogP contribution in [0.4, 0.5) is 0 Å². The first kappa shape index (κ1) is 8.34. The molecule has 9 heavy (non-hydrogen) atoms. The van der Waals surface area contributed by atoms with Crippen LogP contribution in [-0.4, -0.2) is 19.6 Å². The molecule has 0 rings (SSSR count). The zero-order valence-corrected chi connectivity index (χ0v) is 6.09. The first-order valence-electron chi connectivity index (χ1n) is 3.14. The maximum atomic E-state index is 3.96. The molecule has 0 aliphatic carbocycles. The Kier molecular flexibility index (Phi) is 5.08. The second-order valence-electron chi connectivity index (χ2n) is 1.67. The molecule has 1 nitrogen and oxygen atoms in total. The van der Waals surface area contributed by atoms with Crippen LogP contribution in [0.2, 0.25) is 0 Å². The van der Waals surface area contributed by atoms with Gasteiger partial charge in [-0.3, -0.25) is 0 Å². The molecule has 0 saturated carbocycles. The van der Waals surface area contributed by atoms with Crippen molar-refractivity contribution in [2.45, 2.75) is 20.3 Å². The van der Waals surface area contributed by atoms with Crippen LogP contribution in [0, 0.1) is 0 Å². The molecule has 0 radical (unpaired) electrons. The Bertz CT molecular complexity index is 136. The van der Waals surface area contributed by atoms with E-state index in [0.29, 0.717) is 0 Å². The summed E-state index contributed by atoms with van der Waals surface area (Å²) < 4.78 is 0. The first-order chi connectivity index (χ1) is 4.35. The fourth-order valence-electron chi connectivity index (χ4n) is 0.459. The van der Waals surface area contributed by atoms with Crippen LogP contribution in [0.5, 0.6) is 0 Å². The molecule has 0 amide bonds. The predicted molar refractivity (Wildman–Crippen MR) is 45.4 cm³/mol. The fraction of sp³-hybridized carbons (Fsp3) is 0.429. The van der Waals surface area contributed by atoms with E-state index in [1.165, 1.54) is 5.47 Å². The van der Waals surface area contributed by atoms with Gasteiger partial charge in [0.2, 0.25) is 0 Å². The summed E-state index contributed by atoms with van der Waals surface area (Å²) in [6, 6.07) is 0. The van der Waals surface area contributed by atoms with Gasteiger partial charge in [-0.25, -0.2) is 0 Å². The van der Waals surface area contributed by atoms with Crippen LogP contribution in [0.15, 0.2) is 16.7 Å². The standard InChI is InChI=1S/C7H12BN/c1-4-7(8-3)6-9-5-2/h5-6H,3-4H2,1-2H3/b7-6-,9-5-. The van der Waals surface area contributed by atoms with Gasteiger partial charge in [-0.2, -0.15) is 0 Å². The van der Waals surface area contributed by atoms with Crippen LogP contribution >= 0.6 is 0 Å². The Morgan fingerprint density at radius 1 is 1.78 bits per heavy atom. The first-order valence-corrected chi connectivity index (χ1v) is 3.14. The predicted octanol–water partition coefficient (Wildman–Crippen LogP) is 1.46. The van der Waals surface area contributed by atoms with Crippen LogP contribution in [0.25, 0.3) is 0 Å². The zero-order valence-electron chi connectivity index (χ0n) is 6.09. The minimum absolute atomic E-state index is 1.00. The average molecular weight is 121 g/mol. The number of allylic oxidation sites excluding steroid dienone is 1. The van der Waals surface area contributed by atoms with Gasteiger partial charge >= 0.3 is 56.5 Å². The van der Waals surface area contributed by atoms with E-state index in [2.05, 4.69) is 18.4 Å². The van der Waals surface area contributed by atoms with Crippen LogP contribution in [0.1, 0.15) is 20.3 Å². The Hall–Kier alpha value is -0.655. The molecule has 0 atom stereocenters. The third kappa shape index (κ3) is 3.89. The quantitative estimate of drug-likeness (QED) is 0.396. The fourth-order valence-corrected chi connectivity index (χ4v) is 0.459. The summed E-state index contributed by atoms with van der Waals surface area (Å²) >= 11 is 0. The summed E-state index contributed by atoms with van der Waals surface area (Å²) in [5, 5.41) is 0. The molecule has 2 heteroatoms. The monoisotopic (exact) mass is 121 g/mol. The Balaban J connectivity index is 3.90. The van der Waals surface area contributed by atoms with Gasteiger partial charge in [-0.05, 0) is 0 Å². The molecular weight excluding hydrogens is 109 g/mol. The SMILES string of the molecule is C=B/C(=C\N=C/C)CC. The van der Waals surface area contributed by atoms with E-state index >= 15 is 0 Å². The summed E-state index contributed by atoms with van der Waals surface area (Å²) in [5.41, 5.74) is 1.17. The molecule has 0 fully saturated rings. The number of nitrogens with zero attached hydrogens (tertiary/aromatic N) is 1. The summed E-state index contributed by atoms with van der Waals surface area (Å²) in [5.74, 6) is 0. The van der Waals surface area contributed by atoms with Crippen molar-refractivity contribution in [1.82, 2.24) is 0 Å². The van der Waals surface area contributed by atoms with Gasteiger partial charge in [0.1, 0.15) is 0 Å². The molecule has 0 aromatic carbocycles. The molecule has 48 valence electrons. The number of aliphatic imine (C=N–C) groups is 1. The maximum absolute atomic E-state index is 3.96. The topological polar surface area (TPSA) is 12.4 Å². The second-order valence-corrected chi connectivity index (χ2v) is 1.67. The van der Waals surface area contributed by atoms with Gasteiger partial charge in [0.25, 0.3) is 0 Å². The molecule has 0 saturated heterocycles. The molecular formula is C7H12BN. The van der Waals surface area contributed by atoms with Crippen molar-refractivity contribution < 1.29 is 0 Å². The molecule has 0 bridgehead atoms. The van der Waals surface area contributed by atoms with Gasteiger partial charge in [0.05, 0.1) is 0 Å². The average Bonchev–Trinajstić information content (AvgIpc) is 1.91. The van der Waals surface area contributed by atoms with Crippen molar-refractivity contribution >= 4 is 19.6 Å². The van der Waals surface area contributed by atoms with Gasteiger partial charge in [0, 0.05) is 0 Å². The number of rotatable bonds is 3. The third-order valence-electron chi connectivity index (χ3n) is 1.06. The van der Waals surface area contributed by atoms with E-state index in [9.17, 15) is 0 Å². The van der Waals surface area contributed by atoms with Crippen LogP contribution in [0.3, 0.4) is 0 Å². The zero-order chi connectivity index (χ0) is 7.11. The summed E-state index contributed by atoms with van der Waals surface area (Å²) in [6.07, 6.45) is 4.59. The second kappa shape index (κ2) is 5.48. The number of hydrogen-bond donors (Lipinski definition) is 0. The molecule has 0 N–H and O–H groups in total. The summed E-state index contributed by atoms with van der Waals surface area (Å²) in [7, 11) is 0. The van der Waals surface area contributed by atoms with E-state index in [4.69, 9.17) is 0 Å². The normalized spacial score (nSPS) is 12.0. The van der Waals surface area contributed by atoms with E-state index in [1.807, 2.05) is 20.0 Å². The summed E-state index contributed by atoms with van der Waals surface area (Å²) in [6.45, 7) is 9.45. The third-order valence-corrected chi connectivity index (χ3v) is 1.06. The molecule has 0 aromatic rings. The van der Waals surface area contributed by atoms with Gasteiger partial charge in [-0.1, -0.05) is 0 Å². The van der Waals surface area contributed by atoms with Gasteiger partial charge in [-0.15, -0.1) is 0 Å². The summed E-state index contributed by atoms with van der Waals surface area (Å²) in [4.78, 5) is 3.96. The van der Waals surface area contributed by atoms with E-state index in [1.54, 1.807) is 6.21 Å². The molecule has 0 aliphatic rings. The molecule has 0 unspecified atom stereocenters. The molecule has 0 heterocycles.